The molecule has 2 N–H and O–H groups in total. The fourth-order valence-electron chi connectivity index (χ4n) is 2.94. The van der Waals surface area contributed by atoms with Gasteiger partial charge in [0.2, 0.25) is 0 Å². The van der Waals surface area contributed by atoms with E-state index in [9.17, 15) is 4.79 Å². The summed E-state index contributed by atoms with van der Waals surface area (Å²) in [5.41, 5.74) is 2.28. The van der Waals surface area contributed by atoms with E-state index in [0.29, 0.717) is 19.7 Å². The zero-order valence-electron chi connectivity index (χ0n) is 12.5. The van der Waals surface area contributed by atoms with Gasteiger partial charge in [0.25, 0.3) is 0 Å². The van der Waals surface area contributed by atoms with Crippen LogP contribution in [0.4, 0.5) is 4.79 Å². The van der Waals surface area contributed by atoms with Crippen molar-refractivity contribution in [1.82, 2.24) is 15.5 Å². The number of carbonyl (C=O) groups is 1. The number of piperidine rings is 1. The molecule has 1 aromatic carbocycles. The van der Waals surface area contributed by atoms with Crippen molar-refractivity contribution in [2.45, 2.75) is 32.4 Å². The van der Waals surface area contributed by atoms with Gasteiger partial charge in [-0.3, -0.25) is 0 Å². The topological polar surface area (TPSA) is 53.6 Å². The molecule has 1 saturated heterocycles. The summed E-state index contributed by atoms with van der Waals surface area (Å²) >= 11 is 0. The van der Waals surface area contributed by atoms with E-state index in [-0.39, 0.29) is 12.1 Å². The Hall–Kier alpha value is -1.75. The van der Waals surface area contributed by atoms with Crippen LogP contribution in [0, 0.1) is 6.92 Å². The molecule has 0 bridgehead atoms. The molecule has 0 aromatic heterocycles. The maximum Gasteiger partial charge on any atom is 0.318 e. The van der Waals surface area contributed by atoms with Crippen molar-refractivity contribution in [2.75, 3.05) is 26.2 Å². The van der Waals surface area contributed by atoms with Gasteiger partial charge in [-0.1, -0.05) is 17.7 Å². The highest BCUT2D eigenvalue weighted by molar-refractivity contribution is 5.74. The minimum absolute atomic E-state index is 0.0154. The molecular weight excluding hydrogens is 266 g/mol. The lowest BCUT2D eigenvalue weighted by atomic mass is 10.1. The molecule has 3 rings (SSSR count). The van der Waals surface area contributed by atoms with E-state index in [1.54, 1.807) is 0 Å². The average Bonchev–Trinajstić information content (AvgIpc) is 2.70. The van der Waals surface area contributed by atoms with Gasteiger partial charge in [0, 0.05) is 18.2 Å². The van der Waals surface area contributed by atoms with E-state index in [4.69, 9.17) is 4.74 Å². The average molecular weight is 289 g/mol. The number of aryl methyl sites for hydroxylation is 1. The molecule has 2 aliphatic heterocycles. The monoisotopic (exact) mass is 289 g/mol. The molecule has 0 aliphatic carbocycles. The maximum absolute atomic E-state index is 12.4. The number of nitrogens with zero attached hydrogens (tertiary/aromatic N) is 1. The van der Waals surface area contributed by atoms with Gasteiger partial charge < -0.3 is 20.3 Å². The van der Waals surface area contributed by atoms with Crippen LogP contribution in [0.15, 0.2) is 18.2 Å². The van der Waals surface area contributed by atoms with E-state index >= 15 is 0 Å². The summed E-state index contributed by atoms with van der Waals surface area (Å²) in [6.07, 6.45) is 2.18. The van der Waals surface area contributed by atoms with Crippen molar-refractivity contribution in [2.24, 2.45) is 0 Å². The van der Waals surface area contributed by atoms with Gasteiger partial charge in [-0.15, -0.1) is 0 Å². The van der Waals surface area contributed by atoms with Crippen molar-refractivity contribution >= 4 is 6.03 Å². The number of rotatable bonds is 1. The minimum atomic E-state index is 0.0154. The first kappa shape index (κ1) is 14.2. The maximum atomic E-state index is 12.4. The number of amides is 2. The molecule has 2 aliphatic rings. The molecule has 5 nitrogen and oxygen atoms in total. The van der Waals surface area contributed by atoms with Crippen LogP contribution < -0.4 is 15.4 Å². The lowest BCUT2D eigenvalue weighted by Crippen LogP contribution is -2.50. The summed E-state index contributed by atoms with van der Waals surface area (Å²) in [6.45, 7) is 5.76. The summed E-state index contributed by atoms with van der Waals surface area (Å²) in [6, 6.07) is 6.40. The standard InChI is InChI=1S/C16H23N3O2/c1-12-4-5-15-13(9-12)11-19(7-8-21-15)16(20)18-14-3-2-6-17-10-14/h4-5,9,14,17H,2-3,6-8,10-11H2,1H3,(H,18,20). The van der Waals surface area contributed by atoms with E-state index in [0.717, 1.165) is 37.2 Å². The Morgan fingerprint density at radius 1 is 1.48 bits per heavy atom. The second-order valence-electron chi connectivity index (χ2n) is 5.87. The third-order valence-corrected chi connectivity index (χ3v) is 4.11. The molecule has 21 heavy (non-hydrogen) atoms. The summed E-state index contributed by atoms with van der Waals surface area (Å²) in [5.74, 6) is 0.898. The van der Waals surface area contributed by atoms with Crippen LogP contribution in [-0.4, -0.2) is 43.2 Å². The number of fused-ring (bicyclic) bond motifs is 1. The van der Waals surface area contributed by atoms with Crippen molar-refractivity contribution < 1.29 is 9.53 Å². The zero-order valence-corrected chi connectivity index (χ0v) is 12.5. The van der Waals surface area contributed by atoms with Crippen LogP contribution in [0.2, 0.25) is 0 Å². The first-order valence-electron chi connectivity index (χ1n) is 7.71. The minimum Gasteiger partial charge on any atom is -0.491 e. The van der Waals surface area contributed by atoms with Crippen molar-refractivity contribution in [3.8, 4) is 5.75 Å². The number of benzene rings is 1. The Labute approximate surface area is 125 Å². The van der Waals surface area contributed by atoms with Crippen molar-refractivity contribution in [1.29, 1.82) is 0 Å². The molecule has 1 atom stereocenters. The third-order valence-electron chi connectivity index (χ3n) is 4.11. The fraction of sp³-hybridized carbons (Fsp3) is 0.562. The molecule has 2 amide bonds. The Balaban J connectivity index is 1.66. The molecular formula is C16H23N3O2. The normalized spacial score (nSPS) is 22.0. The van der Waals surface area contributed by atoms with E-state index in [2.05, 4.69) is 23.6 Å². The smallest absolute Gasteiger partial charge is 0.318 e. The second-order valence-corrected chi connectivity index (χ2v) is 5.87. The van der Waals surface area contributed by atoms with Gasteiger partial charge in [-0.05, 0) is 32.4 Å². The zero-order chi connectivity index (χ0) is 14.7. The van der Waals surface area contributed by atoms with Gasteiger partial charge in [0.15, 0.2) is 0 Å². The van der Waals surface area contributed by atoms with Crippen LogP contribution in [-0.2, 0) is 6.54 Å². The predicted octanol–water partition coefficient (Wildman–Crippen LogP) is 1.65. The molecule has 2 heterocycles. The second kappa shape index (κ2) is 6.35. The Bertz CT molecular complexity index is 512. The lowest BCUT2D eigenvalue weighted by Gasteiger charge is -2.27. The van der Waals surface area contributed by atoms with Gasteiger partial charge in [0.05, 0.1) is 13.1 Å². The molecule has 0 spiro atoms. The number of urea groups is 1. The highest BCUT2D eigenvalue weighted by Crippen LogP contribution is 2.24. The van der Waals surface area contributed by atoms with Crippen molar-refractivity contribution in [3.63, 3.8) is 0 Å². The first-order valence-corrected chi connectivity index (χ1v) is 7.71. The van der Waals surface area contributed by atoms with E-state index < -0.39 is 0 Å². The molecule has 1 aromatic rings. The Morgan fingerprint density at radius 3 is 3.19 bits per heavy atom. The fourth-order valence-corrected chi connectivity index (χ4v) is 2.94. The third kappa shape index (κ3) is 3.47. The quantitative estimate of drug-likeness (QED) is 0.826. The molecule has 0 saturated carbocycles. The highest BCUT2D eigenvalue weighted by atomic mass is 16.5. The molecule has 1 unspecified atom stereocenters. The highest BCUT2D eigenvalue weighted by Gasteiger charge is 2.22. The number of hydrogen-bond donors (Lipinski definition) is 2. The number of carbonyl (C=O) groups excluding carboxylic acids is 1. The summed E-state index contributed by atoms with van der Waals surface area (Å²) in [4.78, 5) is 14.3. The Kier molecular flexibility index (Phi) is 4.29. The van der Waals surface area contributed by atoms with E-state index in [1.165, 1.54) is 5.56 Å². The number of hydrogen-bond acceptors (Lipinski definition) is 3. The largest absolute Gasteiger partial charge is 0.491 e. The van der Waals surface area contributed by atoms with Crippen LogP contribution in [0.1, 0.15) is 24.0 Å². The predicted molar refractivity (Wildman–Crippen MR) is 81.5 cm³/mol. The van der Waals surface area contributed by atoms with E-state index in [1.807, 2.05) is 17.0 Å². The molecule has 1 fully saturated rings. The van der Waals surface area contributed by atoms with Gasteiger partial charge in [0.1, 0.15) is 12.4 Å². The lowest BCUT2D eigenvalue weighted by molar-refractivity contribution is 0.181. The first-order chi connectivity index (χ1) is 10.2. The molecule has 5 heteroatoms. The number of ether oxygens (including phenoxy) is 1. The summed E-state index contributed by atoms with van der Waals surface area (Å²) in [5, 5.41) is 6.45. The summed E-state index contributed by atoms with van der Waals surface area (Å²) in [7, 11) is 0. The van der Waals surface area contributed by atoms with Crippen molar-refractivity contribution in [3.05, 3.63) is 29.3 Å². The SMILES string of the molecule is Cc1ccc2c(c1)CN(C(=O)NC1CCCNC1)CCO2. The van der Waals surface area contributed by atoms with Gasteiger partial charge >= 0.3 is 6.03 Å². The Morgan fingerprint density at radius 2 is 2.38 bits per heavy atom. The van der Waals surface area contributed by atoms with Crippen LogP contribution in [0.3, 0.4) is 0 Å². The summed E-state index contributed by atoms with van der Waals surface area (Å²) < 4.78 is 5.74. The molecule has 0 radical (unpaired) electrons. The van der Waals surface area contributed by atoms with Crippen LogP contribution in [0.5, 0.6) is 5.75 Å². The van der Waals surface area contributed by atoms with Crippen LogP contribution >= 0.6 is 0 Å². The van der Waals surface area contributed by atoms with Gasteiger partial charge in [-0.25, -0.2) is 4.79 Å². The number of nitrogens with one attached hydrogen (secondary N) is 2. The molecule has 114 valence electrons. The van der Waals surface area contributed by atoms with Gasteiger partial charge in [-0.2, -0.15) is 0 Å². The van der Waals surface area contributed by atoms with Crippen LogP contribution in [0.25, 0.3) is 0 Å².